The lowest BCUT2D eigenvalue weighted by atomic mass is 10.1. The van der Waals surface area contributed by atoms with E-state index < -0.39 is 5.97 Å². The molecule has 94 valence electrons. The van der Waals surface area contributed by atoms with Crippen molar-refractivity contribution in [3.05, 3.63) is 35.8 Å². The molecule has 5 heteroatoms. The quantitative estimate of drug-likeness (QED) is 0.900. The molecule has 0 bridgehead atoms. The summed E-state index contributed by atoms with van der Waals surface area (Å²) in [5, 5.41) is 9.03. The number of ether oxygens (including phenoxy) is 1. The molecule has 0 aliphatic heterocycles. The van der Waals surface area contributed by atoms with Gasteiger partial charge in [0.1, 0.15) is 11.6 Å². The number of carbonyl (C=O) groups is 1. The van der Waals surface area contributed by atoms with Crippen molar-refractivity contribution in [1.82, 2.24) is 9.55 Å². The minimum atomic E-state index is -0.960. The first-order chi connectivity index (χ1) is 8.54. The van der Waals surface area contributed by atoms with Gasteiger partial charge in [-0.1, -0.05) is 0 Å². The van der Waals surface area contributed by atoms with Gasteiger partial charge in [0.15, 0.2) is 0 Å². The molecule has 1 aromatic carbocycles. The van der Waals surface area contributed by atoms with Crippen molar-refractivity contribution >= 4 is 5.97 Å². The van der Waals surface area contributed by atoms with Crippen molar-refractivity contribution in [2.45, 2.75) is 6.92 Å². The molecule has 0 fully saturated rings. The number of benzene rings is 1. The van der Waals surface area contributed by atoms with Crippen molar-refractivity contribution in [2.75, 3.05) is 7.11 Å². The third-order valence-electron chi connectivity index (χ3n) is 2.94. The highest BCUT2D eigenvalue weighted by atomic mass is 16.5. The van der Waals surface area contributed by atoms with Crippen LogP contribution in [0.3, 0.4) is 0 Å². The monoisotopic (exact) mass is 246 g/mol. The third-order valence-corrected chi connectivity index (χ3v) is 2.94. The van der Waals surface area contributed by atoms with E-state index in [4.69, 9.17) is 9.84 Å². The fraction of sp³-hybridized carbons (Fsp3) is 0.231. The van der Waals surface area contributed by atoms with Crippen LogP contribution in [-0.2, 0) is 7.05 Å². The van der Waals surface area contributed by atoms with Gasteiger partial charge in [-0.3, -0.25) is 0 Å². The van der Waals surface area contributed by atoms with Gasteiger partial charge in [-0.15, -0.1) is 0 Å². The molecular formula is C13H14N2O3. The molecule has 0 saturated carbocycles. The molecule has 0 aliphatic carbocycles. The molecule has 18 heavy (non-hydrogen) atoms. The van der Waals surface area contributed by atoms with E-state index in [-0.39, 0.29) is 5.56 Å². The zero-order valence-electron chi connectivity index (χ0n) is 10.5. The fourth-order valence-corrected chi connectivity index (χ4v) is 1.79. The normalized spacial score (nSPS) is 10.4. The standard InChI is InChI=1S/C13H14N2O3/c1-8-14-7-11(15(8)2)10-6-9(13(16)17)4-5-12(10)18-3/h4-7H,1-3H3,(H,16,17). The molecule has 0 saturated heterocycles. The first-order valence-electron chi connectivity index (χ1n) is 5.44. The van der Waals surface area contributed by atoms with Crippen LogP contribution < -0.4 is 4.74 Å². The molecule has 5 nitrogen and oxygen atoms in total. The highest BCUT2D eigenvalue weighted by Gasteiger charge is 2.14. The molecule has 0 aliphatic rings. The van der Waals surface area contributed by atoms with Crippen molar-refractivity contribution < 1.29 is 14.6 Å². The Morgan fingerprint density at radius 2 is 2.17 bits per heavy atom. The summed E-state index contributed by atoms with van der Waals surface area (Å²) in [4.78, 5) is 15.2. The second kappa shape index (κ2) is 4.52. The lowest BCUT2D eigenvalue weighted by Gasteiger charge is -2.10. The second-order valence-corrected chi connectivity index (χ2v) is 3.97. The van der Waals surface area contributed by atoms with E-state index in [1.54, 1.807) is 25.4 Å². The molecule has 2 rings (SSSR count). The van der Waals surface area contributed by atoms with E-state index in [1.165, 1.54) is 6.07 Å². The van der Waals surface area contributed by atoms with Crippen LogP contribution in [0.4, 0.5) is 0 Å². The third kappa shape index (κ3) is 1.95. The molecule has 0 amide bonds. The first-order valence-corrected chi connectivity index (χ1v) is 5.44. The predicted octanol–water partition coefficient (Wildman–Crippen LogP) is 2.10. The lowest BCUT2D eigenvalue weighted by molar-refractivity contribution is 0.0697. The molecule has 0 atom stereocenters. The van der Waals surface area contributed by atoms with Gasteiger partial charge in [0.2, 0.25) is 0 Å². The Kier molecular flexibility index (Phi) is 3.06. The van der Waals surface area contributed by atoms with E-state index in [2.05, 4.69) is 4.98 Å². The average molecular weight is 246 g/mol. The van der Waals surface area contributed by atoms with E-state index in [1.807, 2.05) is 18.5 Å². The number of carboxylic acids is 1. The van der Waals surface area contributed by atoms with Gasteiger partial charge in [0.25, 0.3) is 0 Å². The summed E-state index contributed by atoms with van der Waals surface area (Å²) < 4.78 is 7.16. The Morgan fingerprint density at radius 1 is 1.44 bits per heavy atom. The molecule has 1 N–H and O–H groups in total. The Labute approximate surface area is 105 Å². The number of methoxy groups -OCH3 is 1. The number of carboxylic acid groups (broad SMARTS) is 1. The van der Waals surface area contributed by atoms with E-state index in [0.29, 0.717) is 5.75 Å². The van der Waals surface area contributed by atoms with Crippen LogP contribution in [0, 0.1) is 6.92 Å². The zero-order valence-corrected chi connectivity index (χ0v) is 10.5. The summed E-state index contributed by atoms with van der Waals surface area (Å²) in [6.45, 7) is 1.89. The molecule has 1 aromatic heterocycles. The van der Waals surface area contributed by atoms with Crippen molar-refractivity contribution in [3.63, 3.8) is 0 Å². The summed E-state index contributed by atoms with van der Waals surface area (Å²) in [5.41, 5.74) is 1.78. The van der Waals surface area contributed by atoms with Crippen molar-refractivity contribution in [1.29, 1.82) is 0 Å². The Balaban J connectivity index is 2.64. The van der Waals surface area contributed by atoms with Crippen molar-refractivity contribution in [2.24, 2.45) is 7.05 Å². The van der Waals surface area contributed by atoms with Gasteiger partial charge >= 0.3 is 5.97 Å². The Hall–Kier alpha value is -2.30. The molecule has 0 radical (unpaired) electrons. The molecule has 0 unspecified atom stereocenters. The summed E-state index contributed by atoms with van der Waals surface area (Å²) >= 11 is 0. The number of hydrogen-bond donors (Lipinski definition) is 1. The average Bonchev–Trinajstić information content (AvgIpc) is 2.69. The van der Waals surface area contributed by atoms with E-state index >= 15 is 0 Å². The maximum Gasteiger partial charge on any atom is 0.335 e. The number of nitrogens with zero attached hydrogens (tertiary/aromatic N) is 2. The van der Waals surface area contributed by atoms with Crippen LogP contribution in [0.1, 0.15) is 16.2 Å². The van der Waals surface area contributed by atoms with Gasteiger partial charge in [0, 0.05) is 12.6 Å². The topological polar surface area (TPSA) is 64.3 Å². The zero-order chi connectivity index (χ0) is 13.3. The van der Waals surface area contributed by atoms with Gasteiger partial charge in [0.05, 0.1) is 24.6 Å². The highest BCUT2D eigenvalue weighted by molar-refractivity contribution is 5.90. The number of imidazole rings is 1. The van der Waals surface area contributed by atoms with Gasteiger partial charge in [-0.2, -0.15) is 0 Å². The molecule has 0 spiro atoms. The summed E-state index contributed by atoms with van der Waals surface area (Å²) in [5.74, 6) is 0.522. The highest BCUT2D eigenvalue weighted by Crippen LogP contribution is 2.31. The van der Waals surface area contributed by atoms with Crippen LogP contribution in [0.25, 0.3) is 11.3 Å². The molecular weight excluding hydrogens is 232 g/mol. The fourth-order valence-electron chi connectivity index (χ4n) is 1.79. The number of hydrogen-bond acceptors (Lipinski definition) is 3. The molecule has 2 aromatic rings. The maximum atomic E-state index is 11.0. The van der Waals surface area contributed by atoms with Crippen LogP contribution in [0.2, 0.25) is 0 Å². The van der Waals surface area contributed by atoms with Gasteiger partial charge in [-0.25, -0.2) is 9.78 Å². The Morgan fingerprint density at radius 3 is 2.67 bits per heavy atom. The lowest BCUT2D eigenvalue weighted by Crippen LogP contribution is -2.00. The summed E-state index contributed by atoms with van der Waals surface area (Å²) in [6, 6.07) is 4.77. The molecule has 1 heterocycles. The second-order valence-electron chi connectivity index (χ2n) is 3.97. The SMILES string of the molecule is COc1ccc(C(=O)O)cc1-c1cnc(C)n1C. The van der Waals surface area contributed by atoms with E-state index in [0.717, 1.165) is 17.1 Å². The predicted molar refractivity (Wildman–Crippen MR) is 66.9 cm³/mol. The minimum absolute atomic E-state index is 0.227. The van der Waals surface area contributed by atoms with E-state index in [9.17, 15) is 4.79 Å². The van der Waals surface area contributed by atoms with Crippen LogP contribution >= 0.6 is 0 Å². The number of rotatable bonds is 3. The van der Waals surface area contributed by atoms with Crippen molar-refractivity contribution in [3.8, 4) is 17.0 Å². The van der Waals surface area contributed by atoms with Crippen LogP contribution in [-0.4, -0.2) is 27.7 Å². The number of aryl methyl sites for hydroxylation is 1. The van der Waals surface area contributed by atoms with Gasteiger partial charge < -0.3 is 14.4 Å². The maximum absolute atomic E-state index is 11.0. The van der Waals surface area contributed by atoms with Gasteiger partial charge in [-0.05, 0) is 25.1 Å². The summed E-state index contributed by atoms with van der Waals surface area (Å²) in [6.07, 6.45) is 1.71. The first kappa shape index (κ1) is 12.2. The van der Waals surface area contributed by atoms with Crippen LogP contribution in [0.15, 0.2) is 24.4 Å². The number of aromatic nitrogens is 2. The summed E-state index contributed by atoms with van der Waals surface area (Å²) in [7, 11) is 3.44. The van der Waals surface area contributed by atoms with Crippen LogP contribution in [0.5, 0.6) is 5.75 Å². The smallest absolute Gasteiger partial charge is 0.335 e. The largest absolute Gasteiger partial charge is 0.496 e. The number of aromatic carboxylic acids is 1. The Bertz CT molecular complexity index is 602. The minimum Gasteiger partial charge on any atom is -0.496 e.